The standard InChI is InChI=1S/C15H19N5O4S/c1-8(13(21)18-14(22)16-2)25-15-17-12(19-20-15)10-6-5-9(23-3)7-11(10)24-4/h5-8H,1-4H3,(H,17,19,20)(H2,16,18,21,22)/t8-/m1/s1. The molecule has 2 rings (SSSR count). The van der Waals surface area contributed by atoms with Crippen LogP contribution in [0.25, 0.3) is 11.4 Å². The first-order valence-electron chi connectivity index (χ1n) is 7.32. The van der Waals surface area contributed by atoms with Gasteiger partial charge in [-0.15, -0.1) is 5.10 Å². The maximum Gasteiger partial charge on any atom is 0.321 e. The van der Waals surface area contributed by atoms with Crippen molar-refractivity contribution in [1.29, 1.82) is 0 Å². The van der Waals surface area contributed by atoms with Gasteiger partial charge in [0.05, 0.1) is 25.0 Å². The second-order valence-corrected chi connectivity index (χ2v) is 6.17. The van der Waals surface area contributed by atoms with Gasteiger partial charge < -0.3 is 14.8 Å². The molecule has 0 fully saturated rings. The minimum Gasteiger partial charge on any atom is -0.497 e. The molecule has 0 radical (unpaired) electrons. The van der Waals surface area contributed by atoms with Gasteiger partial charge in [-0.3, -0.25) is 15.2 Å². The summed E-state index contributed by atoms with van der Waals surface area (Å²) in [6.45, 7) is 1.66. The summed E-state index contributed by atoms with van der Waals surface area (Å²) in [6.07, 6.45) is 0. The summed E-state index contributed by atoms with van der Waals surface area (Å²) >= 11 is 1.13. The van der Waals surface area contributed by atoms with Gasteiger partial charge in [-0.25, -0.2) is 9.78 Å². The van der Waals surface area contributed by atoms with Crippen LogP contribution in [0, 0.1) is 0 Å². The Kier molecular flexibility index (Phi) is 6.23. The van der Waals surface area contributed by atoms with Crippen molar-refractivity contribution in [2.24, 2.45) is 0 Å². The molecule has 25 heavy (non-hydrogen) atoms. The molecule has 3 amide bonds. The molecule has 3 N–H and O–H groups in total. The molecule has 0 unspecified atom stereocenters. The maximum absolute atomic E-state index is 11.9. The summed E-state index contributed by atoms with van der Waals surface area (Å²) in [5.74, 6) is 1.31. The summed E-state index contributed by atoms with van der Waals surface area (Å²) in [5.41, 5.74) is 0.713. The molecule has 1 aromatic heterocycles. The van der Waals surface area contributed by atoms with Gasteiger partial charge in [-0.1, -0.05) is 11.8 Å². The van der Waals surface area contributed by atoms with Crippen molar-refractivity contribution < 1.29 is 19.1 Å². The fourth-order valence-electron chi connectivity index (χ4n) is 1.90. The number of carbonyl (C=O) groups is 2. The highest BCUT2D eigenvalue weighted by atomic mass is 32.2. The van der Waals surface area contributed by atoms with E-state index in [0.29, 0.717) is 28.0 Å². The second kappa shape index (κ2) is 8.38. The molecule has 1 aromatic carbocycles. The molecule has 0 aliphatic rings. The Morgan fingerprint density at radius 3 is 2.68 bits per heavy atom. The van der Waals surface area contributed by atoms with Gasteiger partial charge in [0.15, 0.2) is 5.82 Å². The van der Waals surface area contributed by atoms with Gasteiger partial charge in [0.25, 0.3) is 0 Å². The van der Waals surface area contributed by atoms with Crippen molar-refractivity contribution in [2.75, 3.05) is 21.3 Å². The first kappa shape index (κ1) is 18.6. The van der Waals surface area contributed by atoms with E-state index in [9.17, 15) is 9.59 Å². The van der Waals surface area contributed by atoms with Crippen LogP contribution in [0.3, 0.4) is 0 Å². The third-order valence-electron chi connectivity index (χ3n) is 3.24. The lowest BCUT2D eigenvalue weighted by molar-refractivity contribution is -0.119. The molecule has 134 valence electrons. The Bertz CT molecular complexity index is 764. The topological polar surface area (TPSA) is 118 Å². The van der Waals surface area contributed by atoms with Crippen molar-refractivity contribution in [3.63, 3.8) is 0 Å². The molecule has 0 aliphatic heterocycles. The summed E-state index contributed by atoms with van der Waals surface area (Å²) in [7, 11) is 4.56. The first-order valence-corrected chi connectivity index (χ1v) is 8.20. The van der Waals surface area contributed by atoms with Gasteiger partial charge in [0, 0.05) is 13.1 Å². The van der Waals surface area contributed by atoms with Crippen LogP contribution in [0.5, 0.6) is 11.5 Å². The Morgan fingerprint density at radius 1 is 1.28 bits per heavy atom. The first-order chi connectivity index (χ1) is 12.0. The third kappa shape index (κ3) is 4.63. The number of aromatic nitrogens is 3. The van der Waals surface area contributed by atoms with Gasteiger partial charge in [0.1, 0.15) is 11.5 Å². The van der Waals surface area contributed by atoms with E-state index in [2.05, 4.69) is 25.8 Å². The second-order valence-electron chi connectivity index (χ2n) is 4.86. The van der Waals surface area contributed by atoms with E-state index in [4.69, 9.17) is 9.47 Å². The average molecular weight is 365 g/mol. The number of H-pyrrole nitrogens is 1. The molecule has 1 atom stereocenters. The van der Waals surface area contributed by atoms with Gasteiger partial charge in [0.2, 0.25) is 11.1 Å². The van der Waals surface area contributed by atoms with Gasteiger partial charge in [-0.2, -0.15) is 0 Å². The molecular weight excluding hydrogens is 346 g/mol. The summed E-state index contributed by atoms with van der Waals surface area (Å²) in [4.78, 5) is 27.4. The van der Waals surface area contributed by atoms with E-state index < -0.39 is 17.2 Å². The van der Waals surface area contributed by atoms with E-state index in [1.54, 1.807) is 39.3 Å². The molecule has 1 heterocycles. The fourth-order valence-corrected chi connectivity index (χ4v) is 2.63. The molecule has 0 bridgehead atoms. The Morgan fingerprint density at radius 2 is 2.04 bits per heavy atom. The van der Waals surface area contributed by atoms with Crippen molar-refractivity contribution in [3.05, 3.63) is 18.2 Å². The Balaban J connectivity index is 2.12. The van der Waals surface area contributed by atoms with Crippen molar-refractivity contribution in [1.82, 2.24) is 25.8 Å². The lowest BCUT2D eigenvalue weighted by Gasteiger charge is -2.08. The van der Waals surface area contributed by atoms with E-state index >= 15 is 0 Å². The fraction of sp³-hybridized carbons (Fsp3) is 0.333. The summed E-state index contributed by atoms with van der Waals surface area (Å²) < 4.78 is 10.5. The van der Waals surface area contributed by atoms with E-state index in [1.807, 2.05) is 0 Å². The lowest BCUT2D eigenvalue weighted by atomic mass is 10.2. The number of methoxy groups -OCH3 is 2. The molecule has 0 saturated carbocycles. The van der Waals surface area contributed by atoms with Crippen LogP contribution in [0.15, 0.2) is 23.4 Å². The highest BCUT2D eigenvalue weighted by Gasteiger charge is 2.20. The molecule has 10 heteroatoms. The van der Waals surface area contributed by atoms with Crippen LogP contribution in [-0.2, 0) is 4.79 Å². The minimum atomic E-state index is -0.559. The van der Waals surface area contributed by atoms with Crippen LogP contribution in [0.2, 0.25) is 0 Å². The average Bonchev–Trinajstić information content (AvgIpc) is 3.08. The van der Waals surface area contributed by atoms with E-state index in [1.165, 1.54) is 7.05 Å². The zero-order valence-corrected chi connectivity index (χ0v) is 15.1. The smallest absolute Gasteiger partial charge is 0.321 e. The molecule has 0 saturated heterocycles. The third-order valence-corrected chi connectivity index (χ3v) is 4.20. The largest absolute Gasteiger partial charge is 0.497 e. The predicted octanol–water partition coefficient (Wildman–Crippen LogP) is 1.43. The SMILES string of the molecule is CNC(=O)NC(=O)[C@@H](C)Sc1n[nH]c(-c2ccc(OC)cc2OC)n1. The van der Waals surface area contributed by atoms with Crippen LogP contribution >= 0.6 is 11.8 Å². The maximum atomic E-state index is 11.9. The number of amides is 3. The zero-order chi connectivity index (χ0) is 18.4. The van der Waals surface area contributed by atoms with Crippen LogP contribution in [0.4, 0.5) is 4.79 Å². The minimum absolute atomic E-state index is 0.382. The number of aromatic amines is 1. The van der Waals surface area contributed by atoms with Gasteiger partial charge in [-0.05, 0) is 19.1 Å². The summed E-state index contributed by atoms with van der Waals surface area (Å²) in [5, 5.41) is 11.3. The normalized spacial score (nSPS) is 11.5. The predicted molar refractivity (Wildman–Crippen MR) is 92.8 cm³/mol. The number of rotatable bonds is 6. The van der Waals surface area contributed by atoms with Crippen molar-refractivity contribution in [3.8, 4) is 22.9 Å². The number of nitrogens with one attached hydrogen (secondary N) is 3. The van der Waals surface area contributed by atoms with Crippen LogP contribution in [0.1, 0.15) is 6.92 Å². The Hall–Kier alpha value is -2.75. The molecule has 9 nitrogen and oxygen atoms in total. The zero-order valence-electron chi connectivity index (χ0n) is 14.2. The van der Waals surface area contributed by atoms with Crippen molar-refractivity contribution in [2.45, 2.75) is 17.3 Å². The number of hydrogen-bond acceptors (Lipinski definition) is 7. The lowest BCUT2D eigenvalue weighted by Crippen LogP contribution is -2.41. The highest BCUT2D eigenvalue weighted by Crippen LogP contribution is 2.32. The molecule has 0 aliphatic carbocycles. The van der Waals surface area contributed by atoms with Crippen LogP contribution < -0.4 is 20.1 Å². The van der Waals surface area contributed by atoms with E-state index in [-0.39, 0.29) is 0 Å². The molecule has 2 aromatic rings. The monoisotopic (exact) mass is 365 g/mol. The number of imide groups is 1. The highest BCUT2D eigenvalue weighted by molar-refractivity contribution is 8.00. The summed E-state index contributed by atoms with van der Waals surface area (Å²) in [6, 6.07) is 4.77. The van der Waals surface area contributed by atoms with Crippen LogP contribution in [-0.4, -0.2) is 53.6 Å². The number of hydrogen-bond donors (Lipinski definition) is 3. The van der Waals surface area contributed by atoms with E-state index in [0.717, 1.165) is 11.8 Å². The molecular formula is C15H19N5O4S. The quantitative estimate of drug-likeness (QED) is 0.663. The number of benzene rings is 1. The number of urea groups is 1. The number of carbonyl (C=O) groups excluding carboxylic acids is 2. The van der Waals surface area contributed by atoms with Gasteiger partial charge >= 0.3 is 6.03 Å². The number of ether oxygens (including phenoxy) is 2. The molecule has 0 spiro atoms. The number of thioether (sulfide) groups is 1. The number of nitrogens with zero attached hydrogens (tertiary/aromatic N) is 2. The van der Waals surface area contributed by atoms with Crippen molar-refractivity contribution >= 4 is 23.7 Å². The Labute approximate surface area is 148 Å².